The van der Waals surface area contributed by atoms with Crippen molar-refractivity contribution in [3.63, 3.8) is 0 Å². The van der Waals surface area contributed by atoms with E-state index in [4.69, 9.17) is 4.74 Å². The molecule has 4 nitrogen and oxygen atoms in total. The van der Waals surface area contributed by atoms with Crippen LogP contribution in [0.4, 0.5) is 18.9 Å². The Kier molecular flexibility index (Phi) is 6.02. The van der Waals surface area contributed by atoms with Crippen LogP contribution in [0.3, 0.4) is 0 Å². The number of anilines is 1. The van der Waals surface area contributed by atoms with E-state index in [1.807, 2.05) is 32.0 Å². The predicted octanol–water partition coefficient (Wildman–Crippen LogP) is 4.37. The van der Waals surface area contributed by atoms with E-state index in [2.05, 4.69) is 5.32 Å². The number of benzene rings is 2. The highest BCUT2D eigenvalue weighted by Crippen LogP contribution is 2.29. The molecule has 0 aliphatic rings. The number of nitrogens with one attached hydrogen (secondary N) is 1. The Hall–Kier alpha value is -2.83. The van der Waals surface area contributed by atoms with E-state index >= 15 is 0 Å². The highest BCUT2D eigenvalue weighted by atomic mass is 19.4. The lowest BCUT2D eigenvalue weighted by atomic mass is 10.1. The molecule has 0 aromatic heterocycles. The van der Waals surface area contributed by atoms with Gasteiger partial charge in [-0.05, 0) is 48.7 Å². The first-order valence-electron chi connectivity index (χ1n) is 7.95. The van der Waals surface area contributed by atoms with Gasteiger partial charge in [0.1, 0.15) is 0 Å². The third-order valence-electron chi connectivity index (χ3n) is 3.79. The lowest BCUT2D eigenvalue weighted by Crippen LogP contribution is -2.22. The Bertz CT molecular complexity index is 799. The van der Waals surface area contributed by atoms with Crippen LogP contribution in [-0.2, 0) is 22.1 Å². The van der Waals surface area contributed by atoms with Crippen molar-refractivity contribution in [2.45, 2.75) is 26.4 Å². The molecule has 0 saturated heterocycles. The van der Waals surface area contributed by atoms with Gasteiger partial charge in [0.2, 0.25) is 0 Å². The SMILES string of the molecule is CCc1cccc(C)c1NC(=O)COC(=O)c1ccc(C(F)(F)F)cc1. The van der Waals surface area contributed by atoms with Crippen molar-refractivity contribution in [3.8, 4) is 0 Å². The van der Waals surface area contributed by atoms with E-state index in [0.29, 0.717) is 5.69 Å². The Morgan fingerprint density at radius 3 is 2.31 bits per heavy atom. The summed E-state index contributed by atoms with van der Waals surface area (Å²) in [4.78, 5) is 23.9. The summed E-state index contributed by atoms with van der Waals surface area (Å²) < 4.78 is 42.4. The van der Waals surface area contributed by atoms with E-state index in [0.717, 1.165) is 41.8 Å². The molecule has 0 atom stereocenters. The maximum Gasteiger partial charge on any atom is 0.416 e. The quantitative estimate of drug-likeness (QED) is 0.801. The van der Waals surface area contributed by atoms with Crippen LogP contribution in [0.5, 0.6) is 0 Å². The number of amides is 1. The molecule has 1 N–H and O–H groups in total. The molecule has 0 bridgehead atoms. The van der Waals surface area contributed by atoms with Gasteiger partial charge >= 0.3 is 12.1 Å². The highest BCUT2D eigenvalue weighted by Gasteiger charge is 2.30. The molecule has 0 radical (unpaired) electrons. The zero-order valence-corrected chi connectivity index (χ0v) is 14.3. The van der Waals surface area contributed by atoms with Gasteiger partial charge in [-0.1, -0.05) is 25.1 Å². The summed E-state index contributed by atoms with van der Waals surface area (Å²) in [6.07, 6.45) is -3.75. The number of carbonyl (C=O) groups is 2. The van der Waals surface area contributed by atoms with Gasteiger partial charge in [0.25, 0.3) is 5.91 Å². The largest absolute Gasteiger partial charge is 0.452 e. The fourth-order valence-electron chi connectivity index (χ4n) is 2.39. The van der Waals surface area contributed by atoms with Crippen molar-refractivity contribution >= 4 is 17.6 Å². The van der Waals surface area contributed by atoms with E-state index in [1.54, 1.807) is 0 Å². The first kappa shape index (κ1) is 19.5. The first-order valence-corrected chi connectivity index (χ1v) is 7.95. The van der Waals surface area contributed by atoms with Crippen molar-refractivity contribution in [2.24, 2.45) is 0 Å². The lowest BCUT2D eigenvalue weighted by Gasteiger charge is -2.13. The third-order valence-corrected chi connectivity index (χ3v) is 3.79. The van der Waals surface area contributed by atoms with Crippen molar-refractivity contribution < 1.29 is 27.5 Å². The van der Waals surface area contributed by atoms with Crippen LogP contribution in [0.2, 0.25) is 0 Å². The third kappa shape index (κ3) is 4.84. The zero-order valence-electron chi connectivity index (χ0n) is 14.3. The minimum atomic E-state index is -4.48. The van der Waals surface area contributed by atoms with Gasteiger partial charge in [-0.15, -0.1) is 0 Å². The van der Waals surface area contributed by atoms with Crippen LogP contribution < -0.4 is 5.32 Å². The van der Waals surface area contributed by atoms with Crippen LogP contribution >= 0.6 is 0 Å². The normalized spacial score (nSPS) is 11.1. The molecule has 0 aliphatic heterocycles. The second-order valence-electron chi connectivity index (χ2n) is 5.66. The number of alkyl halides is 3. The van der Waals surface area contributed by atoms with Crippen LogP contribution in [0, 0.1) is 6.92 Å². The molecule has 0 aliphatic carbocycles. The van der Waals surface area contributed by atoms with Gasteiger partial charge in [-0.25, -0.2) is 4.79 Å². The van der Waals surface area contributed by atoms with E-state index in [1.165, 1.54) is 0 Å². The molecule has 0 heterocycles. The topological polar surface area (TPSA) is 55.4 Å². The number of halogens is 3. The number of carbonyl (C=O) groups excluding carboxylic acids is 2. The predicted molar refractivity (Wildman–Crippen MR) is 90.9 cm³/mol. The van der Waals surface area contributed by atoms with E-state index in [9.17, 15) is 22.8 Å². The summed E-state index contributed by atoms with van der Waals surface area (Å²) in [7, 11) is 0. The molecule has 2 rings (SSSR count). The molecule has 26 heavy (non-hydrogen) atoms. The Balaban J connectivity index is 1.96. The number of rotatable bonds is 5. The lowest BCUT2D eigenvalue weighted by molar-refractivity contribution is -0.137. The summed E-state index contributed by atoms with van der Waals surface area (Å²) in [6.45, 7) is 3.27. The van der Waals surface area contributed by atoms with Crippen molar-refractivity contribution in [3.05, 3.63) is 64.7 Å². The fraction of sp³-hybridized carbons (Fsp3) is 0.263. The molecule has 2 aromatic carbocycles. The Morgan fingerprint density at radius 2 is 1.73 bits per heavy atom. The highest BCUT2D eigenvalue weighted by molar-refractivity contribution is 5.96. The van der Waals surface area contributed by atoms with Gasteiger partial charge < -0.3 is 10.1 Å². The van der Waals surface area contributed by atoms with Crippen molar-refractivity contribution in [2.75, 3.05) is 11.9 Å². The van der Waals surface area contributed by atoms with E-state index in [-0.39, 0.29) is 5.56 Å². The zero-order chi connectivity index (χ0) is 19.3. The van der Waals surface area contributed by atoms with Gasteiger partial charge in [0.15, 0.2) is 6.61 Å². The summed E-state index contributed by atoms with van der Waals surface area (Å²) in [5.41, 5.74) is 1.58. The number of hydrogen-bond donors (Lipinski definition) is 1. The van der Waals surface area contributed by atoms with Gasteiger partial charge in [-0.3, -0.25) is 4.79 Å². The molecule has 1 amide bonds. The molecule has 0 unspecified atom stereocenters. The Labute approximate surface area is 149 Å². The molecule has 0 spiro atoms. The summed E-state index contributed by atoms with van der Waals surface area (Å²) in [5.74, 6) is -1.39. The smallest absolute Gasteiger partial charge is 0.416 e. The summed E-state index contributed by atoms with van der Waals surface area (Å²) >= 11 is 0. The molecule has 7 heteroatoms. The van der Waals surface area contributed by atoms with Crippen LogP contribution in [0.1, 0.15) is 34.0 Å². The van der Waals surface area contributed by atoms with Gasteiger partial charge in [0, 0.05) is 5.69 Å². The molecular weight excluding hydrogens is 347 g/mol. The van der Waals surface area contributed by atoms with Crippen molar-refractivity contribution in [1.82, 2.24) is 0 Å². The standard InChI is InChI=1S/C19H18F3NO3/c1-3-13-6-4-5-12(2)17(13)23-16(24)11-26-18(25)14-7-9-15(10-8-14)19(20,21)22/h4-10H,3,11H2,1-2H3,(H,23,24). The van der Waals surface area contributed by atoms with Gasteiger partial charge in [0.05, 0.1) is 11.1 Å². The molecule has 0 saturated carbocycles. The monoisotopic (exact) mass is 365 g/mol. The van der Waals surface area contributed by atoms with Crippen LogP contribution in [0.25, 0.3) is 0 Å². The number of para-hydroxylation sites is 1. The number of esters is 1. The number of aryl methyl sites for hydroxylation is 2. The molecule has 138 valence electrons. The van der Waals surface area contributed by atoms with Gasteiger partial charge in [-0.2, -0.15) is 13.2 Å². The fourth-order valence-corrected chi connectivity index (χ4v) is 2.39. The minimum absolute atomic E-state index is 0.0593. The number of hydrogen-bond acceptors (Lipinski definition) is 3. The Morgan fingerprint density at radius 1 is 1.08 bits per heavy atom. The maximum atomic E-state index is 12.5. The van der Waals surface area contributed by atoms with Crippen LogP contribution in [-0.4, -0.2) is 18.5 Å². The molecule has 0 fully saturated rings. The first-order chi connectivity index (χ1) is 12.2. The molecule has 2 aromatic rings. The van der Waals surface area contributed by atoms with Crippen LogP contribution in [0.15, 0.2) is 42.5 Å². The maximum absolute atomic E-state index is 12.5. The number of ether oxygens (including phenoxy) is 1. The second kappa shape index (κ2) is 8.03. The van der Waals surface area contributed by atoms with Crippen molar-refractivity contribution in [1.29, 1.82) is 0 Å². The average molecular weight is 365 g/mol. The summed E-state index contributed by atoms with van der Waals surface area (Å²) in [6, 6.07) is 9.22. The second-order valence-corrected chi connectivity index (χ2v) is 5.66. The summed E-state index contributed by atoms with van der Waals surface area (Å²) in [5, 5.41) is 2.70. The molecular formula is C19H18F3NO3. The van der Waals surface area contributed by atoms with E-state index < -0.39 is 30.2 Å². The minimum Gasteiger partial charge on any atom is -0.452 e. The average Bonchev–Trinajstić information content (AvgIpc) is 2.60.